The van der Waals surface area contributed by atoms with Gasteiger partial charge in [-0.1, -0.05) is 0 Å². The summed E-state index contributed by atoms with van der Waals surface area (Å²) in [5.74, 6) is 0. The summed E-state index contributed by atoms with van der Waals surface area (Å²) >= 11 is 1.88. The predicted octanol–water partition coefficient (Wildman–Crippen LogP) is 1.76. The maximum atomic E-state index is 5.79. The Kier molecular flexibility index (Phi) is 2.67. The third-order valence-electron chi connectivity index (χ3n) is 2.64. The summed E-state index contributed by atoms with van der Waals surface area (Å²) in [6.45, 7) is 5.34. The number of likely N-dealkylation sites (tertiary alicyclic amines) is 1. The Hall–Kier alpha value is -0.380. The summed E-state index contributed by atoms with van der Waals surface area (Å²) < 4.78 is 0. The van der Waals surface area contributed by atoms with Gasteiger partial charge in [0, 0.05) is 29.4 Å². The SMILES string of the molecule is Cc1ccc(C(CN)N2CCC2)s1. The fourth-order valence-electron chi connectivity index (χ4n) is 1.73. The molecule has 0 spiro atoms. The van der Waals surface area contributed by atoms with E-state index in [4.69, 9.17) is 5.73 Å². The first-order valence-electron chi connectivity index (χ1n) is 4.81. The van der Waals surface area contributed by atoms with Crippen LogP contribution in [0.1, 0.15) is 22.2 Å². The lowest BCUT2D eigenvalue weighted by Crippen LogP contribution is -2.42. The Balaban J connectivity index is 2.11. The average Bonchev–Trinajstić information content (AvgIpc) is 2.43. The van der Waals surface area contributed by atoms with Gasteiger partial charge in [0.1, 0.15) is 0 Å². The third-order valence-corrected chi connectivity index (χ3v) is 3.75. The third kappa shape index (κ3) is 1.77. The zero-order chi connectivity index (χ0) is 9.26. The monoisotopic (exact) mass is 196 g/mol. The molecule has 1 atom stereocenters. The molecule has 1 aromatic rings. The van der Waals surface area contributed by atoms with E-state index in [0.717, 1.165) is 6.54 Å². The van der Waals surface area contributed by atoms with E-state index >= 15 is 0 Å². The Morgan fingerprint density at radius 2 is 2.31 bits per heavy atom. The molecule has 1 saturated heterocycles. The van der Waals surface area contributed by atoms with Crippen LogP contribution in [0.5, 0.6) is 0 Å². The summed E-state index contributed by atoms with van der Waals surface area (Å²) in [5, 5.41) is 0. The van der Waals surface area contributed by atoms with Gasteiger partial charge in [-0.15, -0.1) is 11.3 Å². The van der Waals surface area contributed by atoms with Crippen molar-refractivity contribution >= 4 is 11.3 Å². The van der Waals surface area contributed by atoms with E-state index in [1.165, 1.54) is 29.3 Å². The first-order valence-corrected chi connectivity index (χ1v) is 5.63. The van der Waals surface area contributed by atoms with Gasteiger partial charge < -0.3 is 5.73 Å². The van der Waals surface area contributed by atoms with Crippen molar-refractivity contribution in [3.63, 3.8) is 0 Å². The van der Waals surface area contributed by atoms with Gasteiger partial charge in [-0.05, 0) is 25.5 Å². The van der Waals surface area contributed by atoms with Crippen molar-refractivity contribution in [1.82, 2.24) is 4.90 Å². The van der Waals surface area contributed by atoms with Crippen LogP contribution < -0.4 is 5.73 Å². The van der Waals surface area contributed by atoms with E-state index in [0.29, 0.717) is 6.04 Å². The lowest BCUT2D eigenvalue weighted by atomic mass is 10.1. The van der Waals surface area contributed by atoms with Gasteiger partial charge in [-0.3, -0.25) is 4.90 Å². The van der Waals surface area contributed by atoms with Crippen LogP contribution in [0.3, 0.4) is 0 Å². The lowest BCUT2D eigenvalue weighted by Gasteiger charge is -2.37. The van der Waals surface area contributed by atoms with Crippen LogP contribution in [0.25, 0.3) is 0 Å². The molecule has 2 rings (SSSR count). The van der Waals surface area contributed by atoms with E-state index in [1.54, 1.807) is 0 Å². The van der Waals surface area contributed by atoms with Crippen molar-refractivity contribution < 1.29 is 0 Å². The highest BCUT2D eigenvalue weighted by Crippen LogP contribution is 2.29. The molecule has 72 valence electrons. The summed E-state index contributed by atoms with van der Waals surface area (Å²) in [6, 6.07) is 4.88. The quantitative estimate of drug-likeness (QED) is 0.798. The molecule has 0 saturated carbocycles. The molecule has 0 aromatic carbocycles. The number of thiophene rings is 1. The number of hydrogen-bond donors (Lipinski definition) is 1. The minimum atomic E-state index is 0.479. The Morgan fingerprint density at radius 3 is 2.69 bits per heavy atom. The molecule has 2 N–H and O–H groups in total. The van der Waals surface area contributed by atoms with Crippen molar-refractivity contribution in [3.8, 4) is 0 Å². The van der Waals surface area contributed by atoms with E-state index in [9.17, 15) is 0 Å². The van der Waals surface area contributed by atoms with Crippen molar-refractivity contribution in [2.75, 3.05) is 19.6 Å². The van der Waals surface area contributed by atoms with Crippen LogP contribution >= 0.6 is 11.3 Å². The zero-order valence-corrected chi connectivity index (χ0v) is 8.81. The second kappa shape index (κ2) is 3.78. The van der Waals surface area contributed by atoms with Crippen molar-refractivity contribution in [1.29, 1.82) is 0 Å². The van der Waals surface area contributed by atoms with Gasteiger partial charge in [0.25, 0.3) is 0 Å². The van der Waals surface area contributed by atoms with Crippen LogP contribution in [-0.4, -0.2) is 24.5 Å². The minimum Gasteiger partial charge on any atom is -0.329 e. The molecule has 3 heteroatoms. The second-order valence-corrected chi connectivity index (χ2v) is 4.91. The summed E-state index contributed by atoms with van der Waals surface area (Å²) in [7, 11) is 0. The topological polar surface area (TPSA) is 29.3 Å². The van der Waals surface area contributed by atoms with Gasteiger partial charge in [0.05, 0.1) is 6.04 Å². The van der Waals surface area contributed by atoms with E-state index in [2.05, 4.69) is 24.0 Å². The zero-order valence-electron chi connectivity index (χ0n) is 7.99. The molecular formula is C10H16N2S. The molecule has 1 fully saturated rings. The largest absolute Gasteiger partial charge is 0.329 e. The van der Waals surface area contributed by atoms with Crippen LogP contribution in [0, 0.1) is 6.92 Å². The van der Waals surface area contributed by atoms with E-state index in [-0.39, 0.29) is 0 Å². The molecule has 1 aliphatic heterocycles. The maximum Gasteiger partial charge on any atom is 0.0564 e. The number of aryl methyl sites for hydroxylation is 1. The molecule has 13 heavy (non-hydrogen) atoms. The molecule has 2 nitrogen and oxygen atoms in total. The molecule has 0 aliphatic carbocycles. The molecule has 1 aromatic heterocycles. The van der Waals surface area contributed by atoms with Gasteiger partial charge in [0.2, 0.25) is 0 Å². The molecule has 2 heterocycles. The highest BCUT2D eigenvalue weighted by atomic mass is 32.1. The molecule has 0 radical (unpaired) electrons. The number of rotatable bonds is 3. The smallest absolute Gasteiger partial charge is 0.0564 e. The summed E-state index contributed by atoms with van der Waals surface area (Å²) in [6.07, 6.45) is 1.33. The van der Waals surface area contributed by atoms with Gasteiger partial charge in [-0.25, -0.2) is 0 Å². The standard InChI is InChI=1S/C10H16N2S/c1-8-3-4-10(13-8)9(7-11)12-5-2-6-12/h3-4,9H,2,5-7,11H2,1H3. The van der Waals surface area contributed by atoms with Crippen LogP contribution in [-0.2, 0) is 0 Å². The molecular weight excluding hydrogens is 180 g/mol. The van der Waals surface area contributed by atoms with Crippen LogP contribution in [0.4, 0.5) is 0 Å². The van der Waals surface area contributed by atoms with Gasteiger partial charge >= 0.3 is 0 Å². The normalized spacial score (nSPS) is 19.8. The van der Waals surface area contributed by atoms with E-state index in [1.807, 2.05) is 11.3 Å². The highest BCUT2D eigenvalue weighted by Gasteiger charge is 2.24. The highest BCUT2D eigenvalue weighted by molar-refractivity contribution is 7.12. The first-order chi connectivity index (χ1) is 6.31. The average molecular weight is 196 g/mol. The second-order valence-electron chi connectivity index (χ2n) is 3.59. The predicted molar refractivity (Wildman–Crippen MR) is 57.0 cm³/mol. The van der Waals surface area contributed by atoms with Crippen LogP contribution in [0.2, 0.25) is 0 Å². The van der Waals surface area contributed by atoms with Crippen LogP contribution in [0.15, 0.2) is 12.1 Å². The van der Waals surface area contributed by atoms with E-state index < -0.39 is 0 Å². The van der Waals surface area contributed by atoms with Crippen molar-refractivity contribution in [2.45, 2.75) is 19.4 Å². The Morgan fingerprint density at radius 1 is 1.54 bits per heavy atom. The fourth-order valence-corrected chi connectivity index (χ4v) is 2.76. The Bertz CT molecular complexity index is 278. The molecule has 0 amide bonds. The van der Waals surface area contributed by atoms with Gasteiger partial charge in [0.15, 0.2) is 0 Å². The summed E-state index contributed by atoms with van der Waals surface area (Å²) in [4.78, 5) is 5.28. The maximum absolute atomic E-state index is 5.79. The Labute approximate surface area is 83.4 Å². The number of hydrogen-bond acceptors (Lipinski definition) is 3. The molecule has 0 bridgehead atoms. The lowest BCUT2D eigenvalue weighted by molar-refractivity contribution is 0.124. The van der Waals surface area contributed by atoms with Crippen molar-refractivity contribution in [3.05, 3.63) is 21.9 Å². The molecule has 1 unspecified atom stereocenters. The first kappa shape index (κ1) is 9.19. The number of nitrogens with zero attached hydrogens (tertiary/aromatic N) is 1. The molecule has 1 aliphatic rings. The minimum absolute atomic E-state index is 0.479. The fraction of sp³-hybridized carbons (Fsp3) is 0.600. The van der Waals surface area contributed by atoms with Crippen molar-refractivity contribution in [2.24, 2.45) is 5.73 Å². The number of nitrogens with two attached hydrogens (primary N) is 1. The van der Waals surface area contributed by atoms with Gasteiger partial charge in [-0.2, -0.15) is 0 Å². The summed E-state index contributed by atoms with van der Waals surface area (Å²) in [5.41, 5.74) is 5.79.